The molecule has 3 rings (SSSR count). The number of hydrogen-bond acceptors (Lipinski definition) is 3. The van der Waals surface area contributed by atoms with Gasteiger partial charge in [-0.2, -0.15) is 0 Å². The summed E-state index contributed by atoms with van der Waals surface area (Å²) in [4.78, 5) is 4.49. The normalized spacial score (nSPS) is 16.9. The summed E-state index contributed by atoms with van der Waals surface area (Å²) in [7, 11) is 2.13. The summed E-state index contributed by atoms with van der Waals surface area (Å²) in [5.74, 6) is 1.49. The molecule has 2 heterocycles. The van der Waals surface area contributed by atoms with Gasteiger partial charge < -0.3 is 4.52 Å². The van der Waals surface area contributed by atoms with Crippen molar-refractivity contribution in [3.05, 3.63) is 41.7 Å². The molecule has 0 saturated carbocycles. The Morgan fingerprint density at radius 2 is 1.96 bits per heavy atom. The van der Waals surface area contributed by atoms with Crippen LogP contribution >= 0.6 is 0 Å². The molecule has 0 bridgehead atoms. The van der Waals surface area contributed by atoms with Crippen molar-refractivity contribution in [3.63, 3.8) is 0 Å². The Labute approximate surface area is 143 Å². The summed E-state index contributed by atoms with van der Waals surface area (Å²) in [6.07, 6.45) is 2.72. The highest BCUT2D eigenvalue weighted by Gasteiger charge is 2.43. The van der Waals surface area contributed by atoms with Crippen LogP contribution in [-0.4, -0.2) is 28.7 Å². The summed E-state index contributed by atoms with van der Waals surface area (Å²) < 4.78 is 7.67. The number of aliphatic imine (C=N–C) groups is 1. The van der Waals surface area contributed by atoms with E-state index in [0.29, 0.717) is 5.82 Å². The van der Waals surface area contributed by atoms with Gasteiger partial charge in [0.05, 0.1) is 11.8 Å². The lowest BCUT2D eigenvalue weighted by molar-refractivity contribution is -0.403. The van der Waals surface area contributed by atoms with E-state index in [9.17, 15) is 0 Å². The fraction of sp³-hybridized carbons (Fsp3) is 0.450. The minimum atomic E-state index is -0.0508. The number of para-hydroxylation sites is 1. The zero-order valence-electron chi connectivity index (χ0n) is 15.4. The predicted octanol–water partition coefficient (Wildman–Crippen LogP) is 4.77. The molecule has 1 aliphatic heterocycles. The maximum atomic E-state index is 5.38. The van der Waals surface area contributed by atoms with Gasteiger partial charge in [-0.25, -0.2) is 9.57 Å². The zero-order valence-corrected chi connectivity index (χ0v) is 15.4. The van der Waals surface area contributed by atoms with Gasteiger partial charge in [0, 0.05) is 29.3 Å². The van der Waals surface area contributed by atoms with Crippen molar-refractivity contribution in [1.29, 1.82) is 0 Å². The van der Waals surface area contributed by atoms with Gasteiger partial charge in [-0.05, 0) is 13.8 Å². The lowest BCUT2D eigenvalue weighted by Crippen LogP contribution is -2.28. The molecule has 4 nitrogen and oxygen atoms in total. The van der Waals surface area contributed by atoms with Crippen molar-refractivity contribution in [3.8, 4) is 0 Å². The SMILES string of the molecule is C[N+]1=C(CC=Nc2cc(C(C)(C)C)on2)C(C)(C)c2ccccc21. The Bertz CT molecular complexity index is 819. The third kappa shape index (κ3) is 2.81. The molecule has 0 aliphatic carbocycles. The summed E-state index contributed by atoms with van der Waals surface area (Å²) in [5, 5.41) is 4.05. The highest BCUT2D eigenvalue weighted by atomic mass is 16.5. The van der Waals surface area contributed by atoms with Crippen LogP contribution in [-0.2, 0) is 10.8 Å². The standard InChI is InChI=1S/C20H26N3O/c1-19(2,3)17-13-18(22-24-17)21-12-11-16-20(4,5)14-9-7-8-10-15(14)23(16)6/h7-10,12-13H,11H2,1-6H3/q+1. The van der Waals surface area contributed by atoms with E-state index in [1.807, 2.05) is 12.3 Å². The first kappa shape index (κ1) is 16.6. The lowest BCUT2D eigenvalue weighted by atomic mass is 9.80. The molecular weight excluding hydrogens is 298 g/mol. The topological polar surface area (TPSA) is 41.4 Å². The van der Waals surface area contributed by atoms with Gasteiger partial charge in [-0.15, -0.1) is 0 Å². The van der Waals surface area contributed by atoms with Crippen molar-refractivity contribution >= 4 is 23.4 Å². The zero-order chi connectivity index (χ0) is 17.5. The van der Waals surface area contributed by atoms with Crippen molar-refractivity contribution in [2.75, 3.05) is 7.05 Å². The molecule has 1 aliphatic rings. The number of hydrogen-bond donors (Lipinski definition) is 0. The van der Waals surface area contributed by atoms with Crippen LogP contribution in [0.25, 0.3) is 0 Å². The number of benzene rings is 1. The maximum absolute atomic E-state index is 5.38. The summed E-state index contributed by atoms with van der Waals surface area (Å²) in [6.45, 7) is 10.8. The molecule has 0 atom stereocenters. The fourth-order valence-electron chi connectivity index (χ4n) is 3.31. The van der Waals surface area contributed by atoms with Gasteiger partial charge in [-0.1, -0.05) is 44.1 Å². The number of nitrogens with zero attached hydrogens (tertiary/aromatic N) is 3. The Morgan fingerprint density at radius 1 is 1.25 bits per heavy atom. The van der Waals surface area contributed by atoms with Crippen molar-refractivity contribution in [2.45, 2.75) is 51.9 Å². The first-order valence-corrected chi connectivity index (χ1v) is 8.40. The van der Waals surface area contributed by atoms with E-state index in [0.717, 1.165) is 12.2 Å². The molecule has 1 aromatic heterocycles. The van der Waals surface area contributed by atoms with Crippen LogP contribution in [0, 0.1) is 0 Å². The second-order valence-electron chi connectivity index (χ2n) is 7.96. The molecule has 1 aromatic carbocycles. The van der Waals surface area contributed by atoms with E-state index in [1.165, 1.54) is 17.0 Å². The van der Waals surface area contributed by atoms with Crippen LogP contribution in [0.1, 0.15) is 52.4 Å². The lowest BCUT2D eigenvalue weighted by Gasteiger charge is -2.16. The minimum absolute atomic E-state index is 0.0117. The Kier molecular flexibility index (Phi) is 3.94. The van der Waals surface area contributed by atoms with Crippen molar-refractivity contribution < 1.29 is 9.10 Å². The molecule has 0 saturated heterocycles. The number of aromatic nitrogens is 1. The molecule has 0 unspecified atom stereocenters. The van der Waals surface area contributed by atoms with E-state index in [-0.39, 0.29) is 10.8 Å². The van der Waals surface area contributed by atoms with Crippen LogP contribution in [0.5, 0.6) is 0 Å². The van der Waals surface area contributed by atoms with Crippen LogP contribution in [0.4, 0.5) is 11.5 Å². The Balaban J connectivity index is 1.80. The quantitative estimate of drug-likeness (QED) is 0.603. The largest absolute Gasteiger partial charge is 0.359 e. The van der Waals surface area contributed by atoms with E-state index >= 15 is 0 Å². The summed E-state index contributed by atoms with van der Waals surface area (Å²) >= 11 is 0. The number of fused-ring (bicyclic) bond motifs is 1. The average Bonchev–Trinajstić information content (AvgIpc) is 3.05. The maximum Gasteiger partial charge on any atom is 0.209 e. The molecule has 24 heavy (non-hydrogen) atoms. The minimum Gasteiger partial charge on any atom is -0.359 e. The predicted molar refractivity (Wildman–Crippen MR) is 98.3 cm³/mol. The van der Waals surface area contributed by atoms with Crippen molar-refractivity contribution in [2.24, 2.45) is 4.99 Å². The summed E-state index contributed by atoms with van der Waals surface area (Å²) in [6, 6.07) is 10.5. The summed E-state index contributed by atoms with van der Waals surface area (Å²) in [5.41, 5.74) is 3.95. The van der Waals surface area contributed by atoms with Gasteiger partial charge in [0.15, 0.2) is 11.5 Å². The first-order valence-electron chi connectivity index (χ1n) is 8.40. The van der Waals surface area contributed by atoms with E-state index in [4.69, 9.17) is 4.52 Å². The highest BCUT2D eigenvalue weighted by Crippen LogP contribution is 2.39. The van der Waals surface area contributed by atoms with Crippen LogP contribution in [0.2, 0.25) is 0 Å². The fourth-order valence-corrected chi connectivity index (χ4v) is 3.31. The molecular formula is C20H26N3O+. The van der Waals surface area contributed by atoms with Gasteiger partial charge >= 0.3 is 0 Å². The molecule has 126 valence electrons. The molecule has 0 radical (unpaired) electrons. The Morgan fingerprint density at radius 3 is 2.58 bits per heavy atom. The van der Waals surface area contributed by atoms with Gasteiger partial charge in [-0.3, -0.25) is 0 Å². The average molecular weight is 324 g/mol. The third-order valence-electron chi connectivity index (χ3n) is 4.81. The first-order chi connectivity index (χ1) is 11.2. The van der Waals surface area contributed by atoms with Crippen molar-refractivity contribution in [1.82, 2.24) is 5.16 Å². The molecule has 0 fully saturated rings. The van der Waals surface area contributed by atoms with E-state index in [2.05, 4.69) is 80.7 Å². The van der Waals surface area contributed by atoms with Gasteiger partial charge in [0.25, 0.3) is 0 Å². The second-order valence-corrected chi connectivity index (χ2v) is 7.96. The molecule has 0 N–H and O–H groups in total. The molecule has 0 amide bonds. The number of rotatable bonds is 3. The van der Waals surface area contributed by atoms with Crippen LogP contribution in [0.15, 0.2) is 39.8 Å². The monoisotopic (exact) mass is 324 g/mol. The van der Waals surface area contributed by atoms with Crippen LogP contribution in [0.3, 0.4) is 0 Å². The second kappa shape index (κ2) is 5.69. The molecule has 2 aromatic rings. The van der Waals surface area contributed by atoms with E-state index < -0.39 is 0 Å². The molecule has 0 spiro atoms. The van der Waals surface area contributed by atoms with Crippen LogP contribution < -0.4 is 0 Å². The van der Waals surface area contributed by atoms with Gasteiger partial charge in [0.2, 0.25) is 5.69 Å². The smallest absolute Gasteiger partial charge is 0.209 e. The van der Waals surface area contributed by atoms with E-state index in [1.54, 1.807) is 0 Å². The third-order valence-corrected chi connectivity index (χ3v) is 4.81. The highest BCUT2D eigenvalue weighted by molar-refractivity contribution is 6.02. The Hall–Kier alpha value is -2.23. The van der Waals surface area contributed by atoms with Gasteiger partial charge in [0.1, 0.15) is 12.8 Å². The molecule has 4 heteroatoms.